The molecule has 0 aliphatic heterocycles. The second-order valence-electron chi connectivity index (χ2n) is 6.31. The third kappa shape index (κ3) is 5.88. The summed E-state index contributed by atoms with van der Waals surface area (Å²) < 4.78 is 34.9. The van der Waals surface area contributed by atoms with Gasteiger partial charge in [-0.1, -0.05) is 19.1 Å². The number of nitrogens with one attached hydrogen (secondary N) is 1. The van der Waals surface area contributed by atoms with Crippen LogP contribution >= 0.6 is 0 Å². The molecule has 8 heteroatoms. The number of carbonyl (C=O) groups excluding carboxylic acids is 1. The van der Waals surface area contributed by atoms with Crippen molar-refractivity contribution in [2.45, 2.75) is 19.4 Å². The number of rotatable bonds is 9. The molecule has 0 heterocycles. The van der Waals surface area contributed by atoms with Gasteiger partial charge in [-0.05, 0) is 48.4 Å². The van der Waals surface area contributed by atoms with Crippen molar-refractivity contribution in [2.24, 2.45) is 0 Å². The minimum atomic E-state index is -3.32. The molecule has 7 nitrogen and oxygen atoms in total. The van der Waals surface area contributed by atoms with Crippen molar-refractivity contribution in [1.82, 2.24) is 5.32 Å². The van der Waals surface area contributed by atoms with Gasteiger partial charge in [-0.2, -0.15) is 0 Å². The van der Waals surface area contributed by atoms with E-state index in [0.717, 1.165) is 24.0 Å². The van der Waals surface area contributed by atoms with Crippen molar-refractivity contribution in [1.29, 1.82) is 0 Å². The molecule has 2 aromatic carbocycles. The molecule has 1 N–H and O–H groups in total. The fourth-order valence-electron chi connectivity index (χ4n) is 2.59. The van der Waals surface area contributed by atoms with Crippen LogP contribution in [-0.2, 0) is 14.8 Å². The molecule has 0 spiro atoms. The standard InChI is InChI=1S/C20H26N2O5S/c1-5-19(15-6-10-17(26-3)11-7-15)21-20(23)14-27-18-12-8-16(9-13-18)22(2)28(4,24)25/h6-13,19H,5,14H2,1-4H3,(H,21,23)/t19-/m1/s1. The van der Waals surface area contributed by atoms with Crippen LogP contribution in [0.25, 0.3) is 0 Å². The van der Waals surface area contributed by atoms with Gasteiger partial charge in [-0.15, -0.1) is 0 Å². The van der Waals surface area contributed by atoms with Crippen LogP contribution < -0.4 is 19.1 Å². The molecule has 0 aromatic heterocycles. The van der Waals surface area contributed by atoms with E-state index in [-0.39, 0.29) is 18.6 Å². The van der Waals surface area contributed by atoms with Gasteiger partial charge in [-0.3, -0.25) is 9.10 Å². The van der Waals surface area contributed by atoms with Crippen molar-refractivity contribution >= 4 is 21.6 Å². The number of benzene rings is 2. The van der Waals surface area contributed by atoms with Gasteiger partial charge in [-0.25, -0.2) is 8.42 Å². The minimum Gasteiger partial charge on any atom is -0.497 e. The topological polar surface area (TPSA) is 84.9 Å². The molecular weight excluding hydrogens is 380 g/mol. The molecule has 0 aliphatic rings. The van der Waals surface area contributed by atoms with Crippen LogP contribution in [0.1, 0.15) is 24.9 Å². The quantitative estimate of drug-likeness (QED) is 0.692. The molecule has 0 fully saturated rings. The average Bonchev–Trinajstić information content (AvgIpc) is 2.69. The maximum Gasteiger partial charge on any atom is 0.258 e. The molecule has 2 rings (SSSR count). The zero-order valence-corrected chi connectivity index (χ0v) is 17.3. The molecule has 28 heavy (non-hydrogen) atoms. The van der Waals surface area contributed by atoms with Gasteiger partial charge in [0, 0.05) is 7.05 Å². The zero-order chi connectivity index (χ0) is 20.7. The largest absolute Gasteiger partial charge is 0.497 e. The lowest BCUT2D eigenvalue weighted by Gasteiger charge is -2.18. The van der Waals surface area contributed by atoms with Gasteiger partial charge in [0.05, 0.1) is 25.1 Å². The highest BCUT2D eigenvalue weighted by molar-refractivity contribution is 7.92. The van der Waals surface area contributed by atoms with Crippen LogP contribution in [0.2, 0.25) is 0 Å². The monoisotopic (exact) mass is 406 g/mol. The first kappa shape index (κ1) is 21.6. The molecular formula is C20H26N2O5S. The van der Waals surface area contributed by atoms with E-state index in [0.29, 0.717) is 11.4 Å². The number of hydrogen-bond acceptors (Lipinski definition) is 5. The summed E-state index contributed by atoms with van der Waals surface area (Å²) in [5, 5.41) is 2.95. The highest BCUT2D eigenvalue weighted by atomic mass is 32.2. The molecule has 1 atom stereocenters. The normalized spacial score (nSPS) is 12.1. The Kier molecular flexibility index (Phi) is 7.28. The van der Waals surface area contributed by atoms with E-state index in [1.54, 1.807) is 31.4 Å². The Morgan fingerprint density at radius 3 is 2.14 bits per heavy atom. The van der Waals surface area contributed by atoms with Gasteiger partial charge < -0.3 is 14.8 Å². The van der Waals surface area contributed by atoms with Crippen molar-refractivity contribution < 1.29 is 22.7 Å². The Morgan fingerprint density at radius 1 is 1.07 bits per heavy atom. The number of sulfonamides is 1. The first-order valence-electron chi connectivity index (χ1n) is 8.84. The highest BCUT2D eigenvalue weighted by Gasteiger charge is 2.14. The number of amides is 1. The smallest absolute Gasteiger partial charge is 0.258 e. The van der Waals surface area contributed by atoms with Crippen LogP contribution in [0.4, 0.5) is 5.69 Å². The Balaban J connectivity index is 1.92. The van der Waals surface area contributed by atoms with Gasteiger partial charge in [0.25, 0.3) is 5.91 Å². The summed E-state index contributed by atoms with van der Waals surface area (Å²) in [7, 11) is -0.238. The number of carbonyl (C=O) groups is 1. The molecule has 152 valence electrons. The van der Waals surface area contributed by atoms with Crippen molar-refractivity contribution in [2.75, 3.05) is 31.3 Å². The average molecular weight is 407 g/mol. The van der Waals surface area contributed by atoms with Gasteiger partial charge in [0.15, 0.2) is 6.61 Å². The first-order chi connectivity index (χ1) is 13.2. The minimum absolute atomic E-state index is 0.118. The third-order valence-corrected chi connectivity index (χ3v) is 5.54. The summed E-state index contributed by atoms with van der Waals surface area (Å²) in [6.45, 7) is 1.86. The molecule has 0 saturated heterocycles. The third-order valence-electron chi connectivity index (χ3n) is 4.33. The SMILES string of the molecule is CC[C@@H](NC(=O)COc1ccc(N(C)S(C)(=O)=O)cc1)c1ccc(OC)cc1. The Morgan fingerprint density at radius 2 is 1.64 bits per heavy atom. The fraction of sp³-hybridized carbons (Fsp3) is 0.350. The number of methoxy groups -OCH3 is 1. The summed E-state index contributed by atoms with van der Waals surface area (Å²) in [6.07, 6.45) is 1.87. The Hall–Kier alpha value is -2.74. The van der Waals surface area contributed by atoms with Crippen LogP contribution in [-0.4, -0.2) is 41.3 Å². The summed E-state index contributed by atoms with van der Waals surface area (Å²) in [5.41, 5.74) is 1.51. The van der Waals surface area contributed by atoms with Crippen molar-refractivity contribution in [3.63, 3.8) is 0 Å². The lowest BCUT2D eigenvalue weighted by molar-refractivity contribution is -0.123. The van der Waals surface area contributed by atoms with E-state index in [9.17, 15) is 13.2 Å². The Bertz CT molecular complexity index is 880. The van der Waals surface area contributed by atoms with Gasteiger partial charge in [0.2, 0.25) is 10.0 Å². The molecule has 0 aliphatic carbocycles. The second kappa shape index (κ2) is 9.45. The molecule has 0 saturated carbocycles. The lowest BCUT2D eigenvalue weighted by Crippen LogP contribution is -2.32. The maximum atomic E-state index is 12.2. The predicted molar refractivity (Wildman–Crippen MR) is 109 cm³/mol. The van der Waals surface area contributed by atoms with E-state index in [2.05, 4.69) is 5.32 Å². The molecule has 1 amide bonds. The highest BCUT2D eigenvalue weighted by Crippen LogP contribution is 2.21. The molecule has 2 aromatic rings. The number of nitrogens with zero attached hydrogens (tertiary/aromatic N) is 1. The Labute approximate surface area is 166 Å². The van der Waals surface area contributed by atoms with E-state index < -0.39 is 10.0 Å². The molecule has 0 unspecified atom stereocenters. The van der Waals surface area contributed by atoms with Gasteiger partial charge >= 0.3 is 0 Å². The summed E-state index contributed by atoms with van der Waals surface area (Å²) >= 11 is 0. The number of anilines is 1. The van der Waals surface area contributed by atoms with Crippen LogP contribution in [0.15, 0.2) is 48.5 Å². The maximum absolute atomic E-state index is 12.2. The van der Waals surface area contributed by atoms with E-state index in [1.165, 1.54) is 11.4 Å². The molecule has 0 bridgehead atoms. The van der Waals surface area contributed by atoms with Crippen molar-refractivity contribution in [3.05, 3.63) is 54.1 Å². The lowest BCUT2D eigenvalue weighted by atomic mass is 10.0. The zero-order valence-electron chi connectivity index (χ0n) is 16.5. The first-order valence-corrected chi connectivity index (χ1v) is 10.7. The summed E-state index contributed by atoms with van der Waals surface area (Å²) in [4.78, 5) is 12.2. The predicted octanol–water partition coefficient (Wildman–Crippen LogP) is 2.74. The van der Waals surface area contributed by atoms with Crippen molar-refractivity contribution in [3.8, 4) is 11.5 Å². The van der Waals surface area contributed by atoms with Crippen LogP contribution in [0, 0.1) is 0 Å². The van der Waals surface area contributed by atoms with Crippen LogP contribution in [0.3, 0.4) is 0 Å². The second-order valence-corrected chi connectivity index (χ2v) is 8.33. The summed E-state index contributed by atoms with van der Waals surface area (Å²) in [5.74, 6) is 1.01. The van der Waals surface area contributed by atoms with E-state index in [4.69, 9.17) is 9.47 Å². The summed E-state index contributed by atoms with van der Waals surface area (Å²) in [6, 6.07) is 14.0. The van der Waals surface area contributed by atoms with E-state index >= 15 is 0 Å². The van der Waals surface area contributed by atoms with E-state index in [1.807, 2.05) is 31.2 Å². The fourth-order valence-corrected chi connectivity index (χ4v) is 3.09. The molecule has 0 radical (unpaired) electrons. The van der Waals surface area contributed by atoms with Gasteiger partial charge in [0.1, 0.15) is 11.5 Å². The number of ether oxygens (including phenoxy) is 2. The number of hydrogen-bond donors (Lipinski definition) is 1. The van der Waals surface area contributed by atoms with Crippen LogP contribution in [0.5, 0.6) is 11.5 Å².